The SMILES string of the molecule is C=C(C)C(=O)OC1C2CC3C1OC(C)(O)C3C2.C=C(C)C(=O)OC1C2CC3C1OC(C)(OC(C)=O)C3C2.CC(=O)OC(C)=O. The second-order valence-electron chi connectivity index (χ2n) is 13.2. The zero-order valence-corrected chi connectivity index (χ0v) is 26.5. The van der Waals surface area contributed by atoms with Crippen molar-refractivity contribution < 1.29 is 57.5 Å². The number of carbonyl (C=O) groups excluding carboxylic acids is 5. The molecule has 2 aliphatic heterocycles. The molecule has 0 aromatic carbocycles. The van der Waals surface area contributed by atoms with Gasteiger partial charge in [-0.05, 0) is 70.1 Å². The summed E-state index contributed by atoms with van der Waals surface area (Å²) in [6.45, 7) is 17.8. The van der Waals surface area contributed by atoms with Crippen molar-refractivity contribution in [3.05, 3.63) is 24.3 Å². The van der Waals surface area contributed by atoms with Gasteiger partial charge in [-0.2, -0.15) is 0 Å². The minimum atomic E-state index is -1.05. The Bertz CT molecular complexity index is 1230. The Morgan fingerprint density at radius 1 is 0.682 bits per heavy atom. The van der Waals surface area contributed by atoms with Gasteiger partial charge < -0.3 is 33.5 Å². The molecule has 2 saturated heterocycles. The summed E-state index contributed by atoms with van der Waals surface area (Å²) in [6, 6.07) is 0. The lowest BCUT2D eigenvalue weighted by molar-refractivity contribution is -0.230. The first-order valence-electron chi connectivity index (χ1n) is 15.0. The molecule has 0 amide bonds. The number of aliphatic hydroxyl groups is 1. The van der Waals surface area contributed by atoms with E-state index in [4.69, 9.17) is 23.7 Å². The lowest BCUT2D eigenvalue weighted by Gasteiger charge is -2.28. The molecule has 6 rings (SSSR count). The summed E-state index contributed by atoms with van der Waals surface area (Å²) < 4.78 is 32.0. The topological polar surface area (TPSA) is 161 Å². The van der Waals surface area contributed by atoms with Gasteiger partial charge in [0.15, 0.2) is 5.79 Å². The first-order valence-corrected chi connectivity index (χ1v) is 15.0. The van der Waals surface area contributed by atoms with Crippen LogP contribution in [0, 0.1) is 35.5 Å². The Morgan fingerprint density at radius 3 is 1.52 bits per heavy atom. The van der Waals surface area contributed by atoms with E-state index in [2.05, 4.69) is 17.9 Å². The van der Waals surface area contributed by atoms with Gasteiger partial charge in [0.2, 0.25) is 5.79 Å². The number of ether oxygens (including phenoxy) is 6. The summed E-state index contributed by atoms with van der Waals surface area (Å²) in [6.07, 6.45) is 3.01. The summed E-state index contributed by atoms with van der Waals surface area (Å²) in [5.74, 6) is -2.40. The summed E-state index contributed by atoms with van der Waals surface area (Å²) in [5, 5.41) is 10.1. The largest absolute Gasteiger partial charge is 0.456 e. The molecule has 12 atom stereocenters. The molecule has 244 valence electrons. The lowest BCUT2D eigenvalue weighted by Crippen LogP contribution is -2.36. The van der Waals surface area contributed by atoms with Gasteiger partial charge in [0, 0.05) is 50.7 Å². The molecule has 12 heteroatoms. The van der Waals surface area contributed by atoms with Gasteiger partial charge >= 0.3 is 29.8 Å². The van der Waals surface area contributed by atoms with Crippen LogP contribution in [0.25, 0.3) is 0 Å². The molecule has 0 spiro atoms. The van der Waals surface area contributed by atoms with Crippen LogP contribution in [-0.4, -0.2) is 70.9 Å². The van der Waals surface area contributed by atoms with E-state index in [1.165, 1.54) is 20.8 Å². The second-order valence-corrected chi connectivity index (χ2v) is 13.2. The minimum Gasteiger partial charge on any atom is -0.456 e. The van der Waals surface area contributed by atoms with Crippen molar-refractivity contribution in [3.63, 3.8) is 0 Å². The Kier molecular flexibility index (Phi) is 9.50. The summed E-state index contributed by atoms with van der Waals surface area (Å²) >= 11 is 0. The van der Waals surface area contributed by atoms with E-state index in [9.17, 15) is 29.1 Å². The van der Waals surface area contributed by atoms with Gasteiger partial charge in [0.05, 0.1) is 0 Å². The highest BCUT2D eigenvalue weighted by Crippen LogP contribution is 2.61. The van der Waals surface area contributed by atoms with Crippen molar-refractivity contribution >= 4 is 29.8 Å². The van der Waals surface area contributed by atoms with Crippen LogP contribution in [0.1, 0.15) is 74.1 Å². The summed E-state index contributed by atoms with van der Waals surface area (Å²) in [5.41, 5.74) is 0.805. The number of esters is 5. The van der Waals surface area contributed by atoms with Crippen molar-refractivity contribution in [3.8, 4) is 0 Å². The maximum absolute atomic E-state index is 11.7. The van der Waals surface area contributed by atoms with E-state index in [1.807, 2.05) is 6.92 Å². The highest BCUT2D eigenvalue weighted by Gasteiger charge is 2.68. The second kappa shape index (κ2) is 12.4. The molecule has 6 aliphatic rings. The van der Waals surface area contributed by atoms with E-state index in [-0.39, 0.29) is 54.2 Å². The van der Waals surface area contributed by atoms with E-state index in [0.717, 1.165) is 25.7 Å². The monoisotopic (exact) mass is 620 g/mol. The maximum Gasteiger partial charge on any atom is 0.333 e. The standard InChI is InChI=1S/C15H20O5.C13H18O4.C4H6O3/c1-7(2)14(17)18-12-9-5-10-11(6-9)15(4,19-8(3)16)20-13(10)12;1-6(2)12(14)16-10-7-4-8-9(5-7)13(3,15)17-11(8)10;1-3(5)7-4(2)6/h9-13H,1,5-6H2,2-4H3;7-11,15H,1,4-5H2,2-3H3;1-2H3. The highest BCUT2D eigenvalue weighted by molar-refractivity contribution is 5.87. The number of hydrogen-bond donors (Lipinski definition) is 1. The molecule has 12 nitrogen and oxygen atoms in total. The summed E-state index contributed by atoms with van der Waals surface area (Å²) in [4.78, 5) is 54.2. The van der Waals surface area contributed by atoms with Gasteiger partial charge in [-0.3, -0.25) is 14.4 Å². The predicted octanol–water partition coefficient (Wildman–Crippen LogP) is 3.14. The van der Waals surface area contributed by atoms with Crippen LogP contribution in [0.2, 0.25) is 0 Å². The predicted molar refractivity (Wildman–Crippen MR) is 152 cm³/mol. The fraction of sp³-hybridized carbons (Fsp3) is 0.719. The average molecular weight is 621 g/mol. The number of carbonyl (C=O) groups is 5. The van der Waals surface area contributed by atoms with Gasteiger partial charge in [0.1, 0.15) is 24.4 Å². The molecule has 4 bridgehead atoms. The molecule has 1 N–H and O–H groups in total. The Balaban J connectivity index is 0.000000168. The van der Waals surface area contributed by atoms with Crippen LogP contribution in [0.15, 0.2) is 24.3 Å². The molecule has 0 aromatic heterocycles. The molecule has 44 heavy (non-hydrogen) atoms. The van der Waals surface area contributed by atoms with Crippen LogP contribution in [0.5, 0.6) is 0 Å². The molecular formula is C32H44O12. The van der Waals surface area contributed by atoms with Gasteiger partial charge in [0.25, 0.3) is 0 Å². The number of fused-ring (bicyclic) bond motifs is 2. The smallest absolute Gasteiger partial charge is 0.333 e. The zero-order chi connectivity index (χ0) is 32.9. The quantitative estimate of drug-likeness (QED) is 0.207. The van der Waals surface area contributed by atoms with Crippen molar-refractivity contribution in [1.29, 1.82) is 0 Å². The molecule has 0 radical (unpaired) electrons. The fourth-order valence-corrected chi connectivity index (χ4v) is 8.12. The van der Waals surface area contributed by atoms with Gasteiger partial charge in [-0.1, -0.05) is 13.2 Å². The van der Waals surface area contributed by atoms with Gasteiger partial charge in [-0.25, -0.2) is 9.59 Å². The van der Waals surface area contributed by atoms with Crippen LogP contribution in [-0.2, 0) is 52.4 Å². The molecule has 12 unspecified atom stereocenters. The van der Waals surface area contributed by atoms with Crippen molar-refractivity contribution in [1.82, 2.24) is 0 Å². The molecule has 6 fully saturated rings. The third-order valence-electron chi connectivity index (χ3n) is 9.64. The van der Waals surface area contributed by atoms with E-state index in [0.29, 0.717) is 34.8 Å². The molecule has 4 saturated carbocycles. The lowest BCUT2D eigenvalue weighted by atomic mass is 9.84. The van der Waals surface area contributed by atoms with E-state index >= 15 is 0 Å². The summed E-state index contributed by atoms with van der Waals surface area (Å²) in [7, 11) is 0. The Labute approximate surface area is 257 Å². The normalized spacial score (nSPS) is 41.0. The van der Waals surface area contributed by atoms with Crippen LogP contribution >= 0.6 is 0 Å². The van der Waals surface area contributed by atoms with E-state index < -0.39 is 23.5 Å². The van der Waals surface area contributed by atoms with Crippen LogP contribution in [0.4, 0.5) is 0 Å². The van der Waals surface area contributed by atoms with Crippen molar-refractivity contribution in [2.75, 3.05) is 0 Å². The highest BCUT2D eigenvalue weighted by atomic mass is 16.7. The molecule has 2 heterocycles. The van der Waals surface area contributed by atoms with Crippen molar-refractivity contribution in [2.24, 2.45) is 35.5 Å². The van der Waals surface area contributed by atoms with Crippen molar-refractivity contribution in [2.45, 2.75) is 110 Å². The first-order chi connectivity index (χ1) is 20.3. The third kappa shape index (κ3) is 6.62. The third-order valence-corrected chi connectivity index (χ3v) is 9.64. The first kappa shape index (κ1) is 33.8. The van der Waals surface area contributed by atoms with Crippen LogP contribution in [0.3, 0.4) is 0 Å². The number of hydrogen-bond acceptors (Lipinski definition) is 12. The maximum atomic E-state index is 11.7. The van der Waals surface area contributed by atoms with Gasteiger partial charge in [-0.15, -0.1) is 0 Å². The van der Waals surface area contributed by atoms with E-state index in [1.54, 1.807) is 20.8 Å². The average Bonchev–Trinajstić information content (AvgIpc) is 3.68. The fourth-order valence-electron chi connectivity index (χ4n) is 8.12. The zero-order valence-electron chi connectivity index (χ0n) is 26.5. The van der Waals surface area contributed by atoms with Crippen LogP contribution < -0.4 is 0 Å². The molecule has 4 aliphatic carbocycles. The number of rotatable bonds is 5. The molecule has 0 aromatic rings. The minimum absolute atomic E-state index is 0.128. The Morgan fingerprint density at radius 2 is 1.11 bits per heavy atom. The Hall–Kier alpha value is -3.09. The molecular weight excluding hydrogens is 576 g/mol.